The molecule has 54 valence electrons. The highest BCUT2D eigenvalue weighted by Gasteiger charge is 2.12. The van der Waals surface area contributed by atoms with Gasteiger partial charge in [-0.1, -0.05) is 0 Å². The SMILES string of the molecule is Cc1nc(C(N)=O)c(Br)o1. The van der Waals surface area contributed by atoms with Gasteiger partial charge in [-0.3, -0.25) is 4.79 Å². The van der Waals surface area contributed by atoms with Gasteiger partial charge in [0, 0.05) is 6.92 Å². The van der Waals surface area contributed by atoms with Crippen LogP contribution in [0.4, 0.5) is 0 Å². The molecule has 10 heavy (non-hydrogen) atoms. The Hall–Kier alpha value is -0.840. The van der Waals surface area contributed by atoms with Crippen molar-refractivity contribution in [2.24, 2.45) is 5.73 Å². The first-order valence-corrected chi connectivity index (χ1v) is 3.33. The number of amides is 1. The minimum absolute atomic E-state index is 0.137. The Balaban J connectivity index is 3.15. The fourth-order valence-electron chi connectivity index (χ4n) is 0.554. The molecule has 2 N–H and O–H groups in total. The average Bonchev–Trinajstić information content (AvgIpc) is 2.10. The molecule has 0 bridgehead atoms. The summed E-state index contributed by atoms with van der Waals surface area (Å²) < 4.78 is 5.17. The van der Waals surface area contributed by atoms with Crippen molar-refractivity contribution in [1.82, 2.24) is 4.98 Å². The molecule has 0 aliphatic rings. The standard InChI is InChI=1S/C5H5BrN2O2/c1-2-8-3(5(7)9)4(6)10-2/h1H3,(H2,7,9). The van der Waals surface area contributed by atoms with Gasteiger partial charge in [0.25, 0.3) is 5.91 Å². The van der Waals surface area contributed by atoms with E-state index in [0.29, 0.717) is 5.89 Å². The van der Waals surface area contributed by atoms with Gasteiger partial charge >= 0.3 is 0 Å². The van der Waals surface area contributed by atoms with Crippen LogP contribution in [0, 0.1) is 6.92 Å². The molecule has 0 saturated carbocycles. The van der Waals surface area contributed by atoms with Crippen molar-refractivity contribution >= 4 is 21.8 Å². The number of aromatic nitrogens is 1. The Morgan fingerprint density at radius 1 is 1.80 bits per heavy atom. The normalized spacial score (nSPS) is 9.80. The second kappa shape index (κ2) is 2.42. The summed E-state index contributed by atoms with van der Waals surface area (Å²) in [6, 6.07) is 0. The predicted molar refractivity (Wildman–Crippen MR) is 37.5 cm³/mol. The molecule has 0 spiro atoms. The summed E-state index contributed by atoms with van der Waals surface area (Å²) in [7, 11) is 0. The monoisotopic (exact) mass is 204 g/mol. The first-order valence-electron chi connectivity index (χ1n) is 2.54. The minimum Gasteiger partial charge on any atom is -0.433 e. The van der Waals surface area contributed by atoms with Crippen LogP contribution in [0.15, 0.2) is 9.09 Å². The molecule has 4 nitrogen and oxygen atoms in total. The Morgan fingerprint density at radius 2 is 2.40 bits per heavy atom. The van der Waals surface area contributed by atoms with E-state index in [1.807, 2.05) is 0 Å². The molecule has 0 unspecified atom stereocenters. The second-order valence-corrected chi connectivity index (χ2v) is 2.44. The summed E-state index contributed by atoms with van der Waals surface area (Å²) in [6.07, 6.45) is 0. The molecule has 0 radical (unpaired) electrons. The Morgan fingerprint density at radius 3 is 2.60 bits per heavy atom. The maximum Gasteiger partial charge on any atom is 0.271 e. The second-order valence-electron chi connectivity index (χ2n) is 1.72. The molecule has 1 aromatic heterocycles. The van der Waals surface area contributed by atoms with Gasteiger partial charge in [-0.2, -0.15) is 0 Å². The molecule has 0 atom stereocenters. The number of primary amides is 1. The van der Waals surface area contributed by atoms with Crippen LogP contribution in [0.3, 0.4) is 0 Å². The van der Waals surface area contributed by atoms with Crippen molar-refractivity contribution in [2.45, 2.75) is 6.92 Å². The molecule has 0 fully saturated rings. The van der Waals surface area contributed by atoms with E-state index in [-0.39, 0.29) is 10.4 Å². The van der Waals surface area contributed by atoms with Crippen molar-refractivity contribution in [1.29, 1.82) is 0 Å². The molecule has 1 amide bonds. The van der Waals surface area contributed by atoms with Gasteiger partial charge in [0.05, 0.1) is 0 Å². The van der Waals surface area contributed by atoms with Gasteiger partial charge in [0.2, 0.25) is 4.67 Å². The van der Waals surface area contributed by atoms with Crippen molar-refractivity contribution in [3.8, 4) is 0 Å². The topological polar surface area (TPSA) is 69.1 Å². The maximum absolute atomic E-state index is 10.5. The van der Waals surface area contributed by atoms with Gasteiger partial charge in [-0.25, -0.2) is 4.98 Å². The lowest BCUT2D eigenvalue weighted by Gasteiger charge is -1.82. The number of nitrogens with two attached hydrogens (primary N) is 1. The quantitative estimate of drug-likeness (QED) is 0.738. The molecule has 1 heterocycles. The van der Waals surface area contributed by atoms with Crippen LogP contribution < -0.4 is 5.73 Å². The number of hydrogen-bond donors (Lipinski definition) is 1. The molecule has 1 rings (SSSR count). The largest absolute Gasteiger partial charge is 0.433 e. The fraction of sp³-hybridized carbons (Fsp3) is 0.200. The molecule has 0 saturated heterocycles. The smallest absolute Gasteiger partial charge is 0.271 e. The highest BCUT2D eigenvalue weighted by Crippen LogP contribution is 2.16. The zero-order valence-electron chi connectivity index (χ0n) is 5.22. The maximum atomic E-state index is 10.5. The third kappa shape index (κ3) is 1.18. The third-order valence-electron chi connectivity index (χ3n) is 0.926. The van der Waals surface area contributed by atoms with E-state index in [9.17, 15) is 4.79 Å². The van der Waals surface area contributed by atoms with Gasteiger partial charge < -0.3 is 10.2 Å². The number of aryl methyl sites for hydroxylation is 1. The lowest BCUT2D eigenvalue weighted by molar-refractivity contribution is 0.0994. The molecule has 1 aromatic rings. The fourth-order valence-corrected chi connectivity index (χ4v) is 1.07. The van der Waals surface area contributed by atoms with Crippen LogP contribution in [-0.4, -0.2) is 10.9 Å². The van der Waals surface area contributed by atoms with Gasteiger partial charge in [-0.05, 0) is 15.9 Å². The van der Waals surface area contributed by atoms with Gasteiger partial charge in [-0.15, -0.1) is 0 Å². The number of carbonyl (C=O) groups excluding carboxylic acids is 1. The van der Waals surface area contributed by atoms with Gasteiger partial charge in [0.15, 0.2) is 11.6 Å². The van der Waals surface area contributed by atoms with Crippen LogP contribution in [-0.2, 0) is 0 Å². The number of halogens is 1. The lowest BCUT2D eigenvalue weighted by Crippen LogP contribution is -2.11. The van der Waals surface area contributed by atoms with Crippen LogP contribution in [0.25, 0.3) is 0 Å². The molecule has 0 aromatic carbocycles. The zero-order chi connectivity index (χ0) is 7.72. The zero-order valence-corrected chi connectivity index (χ0v) is 6.81. The van der Waals surface area contributed by atoms with Crippen molar-refractivity contribution in [3.63, 3.8) is 0 Å². The molecule has 0 aliphatic heterocycles. The number of nitrogens with zero attached hydrogens (tertiary/aromatic N) is 1. The summed E-state index contributed by atoms with van der Waals surface area (Å²) in [4.78, 5) is 14.2. The van der Waals surface area contributed by atoms with E-state index in [4.69, 9.17) is 10.2 Å². The molecular weight excluding hydrogens is 200 g/mol. The van der Waals surface area contributed by atoms with Crippen LogP contribution in [0.5, 0.6) is 0 Å². The minimum atomic E-state index is -0.594. The van der Waals surface area contributed by atoms with Crippen molar-refractivity contribution in [3.05, 3.63) is 16.3 Å². The Kier molecular flexibility index (Phi) is 1.76. The first-order chi connectivity index (χ1) is 4.61. The number of carbonyl (C=O) groups is 1. The van der Waals surface area contributed by atoms with E-state index in [1.165, 1.54) is 0 Å². The lowest BCUT2D eigenvalue weighted by atomic mass is 10.5. The van der Waals surface area contributed by atoms with Crippen LogP contribution in [0.1, 0.15) is 16.4 Å². The molecule has 5 heteroatoms. The van der Waals surface area contributed by atoms with Crippen LogP contribution >= 0.6 is 15.9 Å². The predicted octanol–water partition coefficient (Wildman–Crippen LogP) is 0.844. The first kappa shape index (κ1) is 7.27. The van der Waals surface area contributed by atoms with E-state index in [2.05, 4.69) is 20.9 Å². The van der Waals surface area contributed by atoms with E-state index in [1.54, 1.807) is 6.92 Å². The number of hydrogen-bond acceptors (Lipinski definition) is 3. The average molecular weight is 205 g/mol. The van der Waals surface area contributed by atoms with E-state index < -0.39 is 5.91 Å². The van der Waals surface area contributed by atoms with Crippen molar-refractivity contribution < 1.29 is 9.21 Å². The van der Waals surface area contributed by atoms with Crippen molar-refractivity contribution in [2.75, 3.05) is 0 Å². The number of oxazole rings is 1. The van der Waals surface area contributed by atoms with Gasteiger partial charge in [0.1, 0.15) is 0 Å². The summed E-state index contributed by atoms with van der Waals surface area (Å²) in [5, 5.41) is 0. The molecular formula is C5H5BrN2O2. The summed E-state index contributed by atoms with van der Waals surface area (Å²) >= 11 is 2.99. The summed E-state index contributed by atoms with van der Waals surface area (Å²) in [5.74, 6) is -0.176. The van der Waals surface area contributed by atoms with E-state index in [0.717, 1.165) is 0 Å². The summed E-state index contributed by atoms with van der Waals surface area (Å²) in [6.45, 7) is 1.64. The highest BCUT2D eigenvalue weighted by atomic mass is 79.9. The Bertz CT molecular complexity index is 269. The van der Waals surface area contributed by atoms with E-state index >= 15 is 0 Å². The molecule has 0 aliphatic carbocycles. The number of rotatable bonds is 1. The van der Waals surface area contributed by atoms with Crippen LogP contribution in [0.2, 0.25) is 0 Å². The summed E-state index contributed by atoms with van der Waals surface area (Å²) in [5.41, 5.74) is 5.07. The highest BCUT2D eigenvalue weighted by molar-refractivity contribution is 9.10. The third-order valence-corrected chi connectivity index (χ3v) is 1.46. The Labute approximate surface area is 65.5 Å².